The van der Waals surface area contributed by atoms with Crippen molar-refractivity contribution in [3.8, 4) is 5.75 Å². The molecule has 3 atom stereocenters. The van der Waals surface area contributed by atoms with Crippen molar-refractivity contribution >= 4 is 17.3 Å². The summed E-state index contributed by atoms with van der Waals surface area (Å²) in [5.41, 5.74) is 0.0486. The molecule has 18 heavy (non-hydrogen) atoms. The molecule has 1 aromatic carbocycles. The summed E-state index contributed by atoms with van der Waals surface area (Å²) in [6.07, 6.45) is 0.546. The number of benzene rings is 1. The lowest BCUT2D eigenvalue weighted by molar-refractivity contribution is -0.384. The topological polar surface area (TPSA) is 61.6 Å². The van der Waals surface area contributed by atoms with E-state index in [4.69, 9.17) is 21.1 Å². The standard InChI is InChI=1S/C12H14ClNO4/c1-2-17-12-10(13)7-11(12)18-9-5-3-8(4-6-9)14(15)16/h3-6,10-12H,2,7H2,1H3. The Kier molecular flexibility index (Phi) is 4.04. The summed E-state index contributed by atoms with van der Waals surface area (Å²) >= 11 is 6.03. The first-order chi connectivity index (χ1) is 8.61. The first-order valence-corrected chi connectivity index (χ1v) is 6.22. The van der Waals surface area contributed by atoms with Crippen LogP contribution in [-0.4, -0.2) is 29.1 Å². The van der Waals surface area contributed by atoms with Gasteiger partial charge in [0.1, 0.15) is 18.0 Å². The molecule has 6 heteroatoms. The Labute approximate surface area is 110 Å². The van der Waals surface area contributed by atoms with E-state index < -0.39 is 4.92 Å². The van der Waals surface area contributed by atoms with Gasteiger partial charge in [-0.3, -0.25) is 10.1 Å². The van der Waals surface area contributed by atoms with Crippen molar-refractivity contribution in [2.45, 2.75) is 30.9 Å². The van der Waals surface area contributed by atoms with Crippen molar-refractivity contribution in [2.75, 3.05) is 6.61 Å². The van der Waals surface area contributed by atoms with Gasteiger partial charge in [0.15, 0.2) is 0 Å². The van der Waals surface area contributed by atoms with Crippen LogP contribution in [0.25, 0.3) is 0 Å². The summed E-state index contributed by atoms with van der Waals surface area (Å²) in [5, 5.41) is 10.5. The van der Waals surface area contributed by atoms with Gasteiger partial charge in [0.2, 0.25) is 0 Å². The van der Waals surface area contributed by atoms with Crippen LogP contribution in [-0.2, 0) is 4.74 Å². The second-order valence-corrected chi connectivity index (χ2v) is 4.64. The first-order valence-electron chi connectivity index (χ1n) is 5.78. The number of hydrogen-bond donors (Lipinski definition) is 0. The summed E-state index contributed by atoms with van der Waals surface area (Å²) in [5.74, 6) is 0.596. The highest BCUT2D eigenvalue weighted by Gasteiger charge is 2.42. The molecule has 1 saturated carbocycles. The predicted molar refractivity (Wildman–Crippen MR) is 67.2 cm³/mol. The molecule has 0 saturated heterocycles. The zero-order valence-electron chi connectivity index (χ0n) is 9.91. The van der Waals surface area contributed by atoms with Crippen molar-refractivity contribution in [2.24, 2.45) is 0 Å². The van der Waals surface area contributed by atoms with Crippen molar-refractivity contribution in [3.63, 3.8) is 0 Å². The molecule has 0 radical (unpaired) electrons. The number of halogens is 1. The van der Waals surface area contributed by atoms with Gasteiger partial charge in [0.05, 0.1) is 10.3 Å². The van der Waals surface area contributed by atoms with E-state index in [1.165, 1.54) is 12.1 Å². The highest BCUT2D eigenvalue weighted by Crippen LogP contribution is 2.33. The minimum atomic E-state index is -0.440. The number of rotatable bonds is 5. The van der Waals surface area contributed by atoms with E-state index in [2.05, 4.69) is 0 Å². The Morgan fingerprint density at radius 3 is 2.61 bits per heavy atom. The number of nitrogens with zero attached hydrogens (tertiary/aromatic N) is 1. The Hall–Kier alpha value is -1.33. The number of nitro groups is 1. The van der Waals surface area contributed by atoms with Crippen LogP contribution in [0.1, 0.15) is 13.3 Å². The van der Waals surface area contributed by atoms with Crippen molar-refractivity contribution in [3.05, 3.63) is 34.4 Å². The van der Waals surface area contributed by atoms with Crippen LogP contribution in [0.5, 0.6) is 5.75 Å². The lowest BCUT2D eigenvalue weighted by Gasteiger charge is -2.40. The molecule has 98 valence electrons. The third kappa shape index (κ3) is 2.73. The zero-order chi connectivity index (χ0) is 13.1. The Morgan fingerprint density at radius 2 is 2.11 bits per heavy atom. The molecule has 0 aliphatic heterocycles. The van der Waals surface area contributed by atoms with Gasteiger partial charge in [-0.25, -0.2) is 0 Å². The molecule has 1 aromatic rings. The molecule has 0 heterocycles. The summed E-state index contributed by atoms with van der Waals surface area (Å²) in [4.78, 5) is 10.1. The quantitative estimate of drug-likeness (QED) is 0.469. The van der Waals surface area contributed by atoms with Gasteiger partial charge >= 0.3 is 0 Å². The molecule has 5 nitrogen and oxygen atoms in total. The predicted octanol–water partition coefficient (Wildman–Crippen LogP) is 2.76. The summed E-state index contributed by atoms with van der Waals surface area (Å²) in [7, 11) is 0. The molecule has 1 aliphatic carbocycles. The zero-order valence-corrected chi connectivity index (χ0v) is 10.7. The third-order valence-corrected chi connectivity index (χ3v) is 3.30. The Bertz CT molecular complexity index is 423. The number of nitro benzene ring substituents is 1. The summed E-state index contributed by atoms with van der Waals surface area (Å²) in [6.45, 7) is 2.50. The molecule has 0 bridgehead atoms. The molecular weight excluding hydrogens is 258 g/mol. The van der Waals surface area contributed by atoms with Gasteiger partial charge in [-0.2, -0.15) is 0 Å². The van der Waals surface area contributed by atoms with Crippen molar-refractivity contribution in [1.82, 2.24) is 0 Å². The van der Waals surface area contributed by atoms with Crippen molar-refractivity contribution in [1.29, 1.82) is 0 Å². The third-order valence-electron chi connectivity index (χ3n) is 2.87. The number of alkyl halides is 1. The molecule has 0 N–H and O–H groups in total. The lowest BCUT2D eigenvalue weighted by Crippen LogP contribution is -2.52. The Morgan fingerprint density at radius 1 is 1.44 bits per heavy atom. The molecule has 1 aliphatic rings. The maximum absolute atomic E-state index is 10.5. The van der Waals surface area contributed by atoms with Gasteiger partial charge in [-0.1, -0.05) is 0 Å². The summed E-state index contributed by atoms with van der Waals surface area (Å²) in [6, 6.07) is 6.01. The number of ether oxygens (including phenoxy) is 2. The smallest absolute Gasteiger partial charge is 0.269 e. The minimum absolute atomic E-state index is 0.0204. The van der Waals surface area contributed by atoms with E-state index in [9.17, 15) is 10.1 Å². The van der Waals surface area contributed by atoms with E-state index >= 15 is 0 Å². The largest absolute Gasteiger partial charge is 0.488 e. The fourth-order valence-electron chi connectivity index (χ4n) is 1.87. The fraction of sp³-hybridized carbons (Fsp3) is 0.500. The van der Waals surface area contributed by atoms with Crippen LogP contribution >= 0.6 is 11.6 Å². The SMILES string of the molecule is CCOC1C(Cl)CC1Oc1ccc([N+](=O)[O-])cc1. The van der Waals surface area contributed by atoms with Crippen LogP contribution in [0.15, 0.2) is 24.3 Å². The first kappa shape index (κ1) is 13.1. The van der Waals surface area contributed by atoms with E-state index in [-0.39, 0.29) is 23.3 Å². The molecule has 0 aromatic heterocycles. The average Bonchev–Trinajstić information content (AvgIpc) is 2.36. The molecule has 1 fully saturated rings. The van der Waals surface area contributed by atoms with Gasteiger partial charge in [-0.05, 0) is 19.1 Å². The van der Waals surface area contributed by atoms with Crippen LogP contribution in [0, 0.1) is 10.1 Å². The average molecular weight is 272 g/mol. The highest BCUT2D eigenvalue weighted by atomic mass is 35.5. The van der Waals surface area contributed by atoms with Crippen LogP contribution in [0.2, 0.25) is 0 Å². The molecular formula is C12H14ClNO4. The summed E-state index contributed by atoms with van der Waals surface area (Å²) < 4.78 is 11.2. The fourth-order valence-corrected chi connectivity index (χ4v) is 2.28. The maximum atomic E-state index is 10.5. The van der Waals surface area contributed by atoms with Crippen molar-refractivity contribution < 1.29 is 14.4 Å². The second kappa shape index (κ2) is 5.54. The lowest BCUT2D eigenvalue weighted by atomic mass is 9.91. The Balaban J connectivity index is 1.95. The van der Waals surface area contributed by atoms with Crippen LogP contribution in [0.4, 0.5) is 5.69 Å². The van der Waals surface area contributed by atoms with E-state index in [1.54, 1.807) is 12.1 Å². The monoisotopic (exact) mass is 271 g/mol. The van der Waals surface area contributed by atoms with Crippen LogP contribution < -0.4 is 4.74 Å². The molecule has 3 unspecified atom stereocenters. The molecule has 0 spiro atoms. The molecule has 0 amide bonds. The van der Waals surface area contributed by atoms with E-state index in [0.717, 1.165) is 6.42 Å². The maximum Gasteiger partial charge on any atom is 0.269 e. The van der Waals surface area contributed by atoms with E-state index in [1.807, 2.05) is 6.92 Å². The number of hydrogen-bond acceptors (Lipinski definition) is 4. The minimum Gasteiger partial charge on any atom is -0.488 e. The van der Waals surface area contributed by atoms with Crippen LogP contribution in [0.3, 0.4) is 0 Å². The highest BCUT2D eigenvalue weighted by molar-refractivity contribution is 6.21. The number of non-ortho nitro benzene ring substituents is 1. The van der Waals surface area contributed by atoms with Gasteiger partial charge in [-0.15, -0.1) is 11.6 Å². The second-order valence-electron chi connectivity index (χ2n) is 4.08. The van der Waals surface area contributed by atoms with Gasteiger partial charge in [0, 0.05) is 25.2 Å². The van der Waals surface area contributed by atoms with E-state index in [0.29, 0.717) is 12.4 Å². The normalized spacial score (nSPS) is 26.4. The van der Waals surface area contributed by atoms with Gasteiger partial charge in [0.25, 0.3) is 5.69 Å². The van der Waals surface area contributed by atoms with Gasteiger partial charge < -0.3 is 9.47 Å². The molecule has 2 rings (SSSR count).